The van der Waals surface area contributed by atoms with Crippen molar-refractivity contribution >= 4 is 11.6 Å². The number of benzene rings is 1. The summed E-state index contributed by atoms with van der Waals surface area (Å²) in [6.07, 6.45) is 4.36. The van der Waals surface area contributed by atoms with Gasteiger partial charge in [-0.3, -0.25) is 4.79 Å². The Kier molecular flexibility index (Phi) is 4.40. The number of hydrogen-bond donors (Lipinski definition) is 1. The zero-order valence-corrected chi connectivity index (χ0v) is 11.4. The van der Waals surface area contributed by atoms with Gasteiger partial charge >= 0.3 is 0 Å². The molecular weight excluding hydrogens is 243 g/mol. The van der Waals surface area contributed by atoms with Crippen molar-refractivity contribution < 1.29 is 9.18 Å². The summed E-state index contributed by atoms with van der Waals surface area (Å²) in [7, 11) is 0. The third-order valence-electron chi connectivity index (χ3n) is 4.00. The SMILES string of the molecule is CCC1CCCN(C(=O)c2cccc(F)c2N)CC1. The number of nitrogens with zero attached hydrogens (tertiary/aromatic N) is 1. The topological polar surface area (TPSA) is 46.3 Å². The zero-order chi connectivity index (χ0) is 13.8. The molecule has 19 heavy (non-hydrogen) atoms. The van der Waals surface area contributed by atoms with Crippen molar-refractivity contribution in [1.82, 2.24) is 4.90 Å². The van der Waals surface area contributed by atoms with Crippen LogP contribution in [0.2, 0.25) is 0 Å². The number of halogens is 1. The van der Waals surface area contributed by atoms with Crippen molar-refractivity contribution in [2.75, 3.05) is 18.8 Å². The molecule has 2 rings (SSSR count). The molecule has 0 aromatic heterocycles. The fourth-order valence-corrected chi connectivity index (χ4v) is 2.67. The summed E-state index contributed by atoms with van der Waals surface area (Å²) < 4.78 is 13.4. The van der Waals surface area contributed by atoms with E-state index >= 15 is 0 Å². The molecule has 0 bridgehead atoms. The number of nitrogen functional groups attached to an aromatic ring is 1. The van der Waals surface area contributed by atoms with E-state index in [1.807, 2.05) is 0 Å². The number of nitrogens with two attached hydrogens (primary N) is 1. The third-order valence-corrected chi connectivity index (χ3v) is 4.00. The van der Waals surface area contributed by atoms with Gasteiger partial charge in [0.15, 0.2) is 0 Å². The van der Waals surface area contributed by atoms with Gasteiger partial charge in [-0.2, -0.15) is 0 Å². The van der Waals surface area contributed by atoms with Gasteiger partial charge in [-0.15, -0.1) is 0 Å². The second-order valence-electron chi connectivity index (χ2n) is 5.20. The molecule has 1 amide bonds. The predicted molar refractivity (Wildman–Crippen MR) is 74.3 cm³/mol. The van der Waals surface area contributed by atoms with Crippen LogP contribution in [0.25, 0.3) is 0 Å². The Bertz CT molecular complexity index is 461. The number of likely N-dealkylation sites (tertiary alicyclic amines) is 1. The quantitative estimate of drug-likeness (QED) is 0.834. The van der Waals surface area contributed by atoms with Gasteiger partial charge in [-0.05, 0) is 37.3 Å². The molecule has 1 heterocycles. The summed E-state index contributed by atoms with van der Waals surface area (Å²) in [5.74, 6) is 0.0310. The van der Waals surface area contributed by atoms with Crippen LogP contribution in [0, 0.1) is 11.7 Å². The largest absolute Gasteiger partial charge is 0.396 e. The van der Waals surface area contributed by atoms with E-state index in [2.05, 4.69) is 6.92 Å². The van der Waals surface area contributed by atoms with Crippen molar-refractivity contribution in [2.45, 2.75) is 32.6 Å². The van der Waals surface area contributed by atoms with Crippen LogP contribution in [-0.4, -0.2) is 23.9 Å². The summed E-state index contributed by atoms with van der Waals surface area (Å²) in [6.45, 7) is 3.67. The highest BCUT2D eigenvalue weighted by atomic mass is 19.1. The molecule has 3 nitrogen and oxygen atoms in total. The Balaban J connectivity index is 2.13. The number of carbonyl (C=O) groups is 1. The van der Waals surface area contributed by atoms with Gasteiger partial charge in [-0.1, -0.05) is 19.4 Å². The predicted octanol–water partition coefficient (Wildman–Crippen LogP) is 3.06. The molecule has 4 heteroatoms. The first-order chi connectivity index (χ1) is 9.13. The molecule has 1 fully saturated rings. The average Bonchev–Trinajstić information content (AvgIpc) is 2.66. The van der Waals surface area contributed by atoms with Crippen LogP contribution in [0.5, 0.6) is 0 Å². The molecule has 1 aliphatic rings. The number of carbonyl (C=O) groups excluding carboxylic acids is 1. The van der Waals surface area contributed by atoms with Gasteiger partial charge in [0, 0.05) is 13.1 Å². The van der Waals surface area contributed by atoms with Crippen molar-refractivity contribution in [3.8, 4) is 0 Å². The standard InChI is InChI=1S/C15H21FN2O/c1-2-11-5-4-9-18(10-8-11)15(19)12-6-3-7-13(16)14(12)17/h3,6-7,11H,2,4-5,8-10,17H2,1H3. The van der Waals surface area contributed by atoms with Crippen molar-refractivity contribution in [1.29, 1.82) is 0 Å². The lowest BCUT2D eigenvalue weighted by atomic mass is 9.98. The molecule has 0 aliphatic carbocycles. The molecule has 1 aromatic rings. The second kappa shape index (κ2) is 6.04. The van der Waals surface area contributed by atoms with Crippen LogP contribution in [0.3, 0.4) is 0 Å². The van der Waals surface area contributed by atoms with Crippen LogP contribution in [0.1, 0.15) is 43.0 Å². The number of rotatable bonds is 2. The highest BCUT2D eigenvalue weighted by molar-refractivity contribution is 5.99. The van der Waals surface area contributed by atoms with E-state index in [0.717, 1.165) is 32.4 Å². The summed E-state index contributed by atoms with van der Waals surface area (Å²) >= 11 is 0. The molecule has 0 radical (unpaired) electrons. The first kappa shape index (κ1) is 13.8. The molecule has 104 valence electrons. The average molecular weight is 264 g/mol. The highest BCUT2D eigenvalue weighted by Crippen LogP contribution is 2.23. The van der Waals surface area contributed by atoms with Crippen molar-refractivity contribution in [2.24, 2.45) is 5.92 Å². The number of para-hydroxylation sites is 1. The van der Waals surface area contributed by atoms with E-state index < -0.39 is 5.82 Å². The highest BCUT2D eigenvalue weighted by Gasteiger charge is 2.22. The smallest absolute Gasteiger partial charge is 0.256 e. The van der Waals surface area contributed by atoms with E-state index in [9.17, 15) is 9.18 Å². The van der Waals surface area contributed by atoms with Gasteiger partial charge in [0.2, 0.25) is 0 Å². The molecule has 1 unspecified atom stereocenters. The number of hydrogen-bond acceptors (Lipinski definition) is 2. The Morgan fingerprint density at radius 2 is 2.21 bits per heavy atom. The van der Waals surface area contributed by atoms with Crippen molar-refractivity contribution in [3.05, 3.63) is 29.6 Å². The second-order valence-corrected chi connectivity index (χ2v) is 5.20. The van der Waals surface area contributed by atoms with Gasteiger partial charge < -0.3 is 10.6 Å². The maximum atomic E-state index is 13.4. The van der Waals surface area contributed by atoms with E-state index in [1.165, 1.54) is 18.6 Å². The van der Waals surface area contributed by atoms with Gasteiger partial charge in [0.25, 0.3) is 5.91 Å². The number of amides is 1. The van der Waals surface area contributed by atoms with Crippen LogP contribution in [0.15, 0.2) is 18.2 Å². The lowest BCUT2D eigenvalue weighted by Crippen LogP contribution is -2.32. The van der Waals surface area contributed by atoms with E-state index in [4.69, 9.17) is 5.73 Å². The van der Waals surface area contributed by atoms with Gasteiger partial charge in [0.05, 0.1) is 11.3 Å². The van der Waals surface area contributed by atoms with E-state index in [-0.39, 0.29) is 17.2 Å². The Labute approximate surface area is 113 Å². The molecule has 2 N–H and O–H groups in total. The minimum atomic E-state index is -0.521. The normalized spacial score (nSPS) is 20.1. The minimum absolute atomic E-state index is 0.0382. The van der Waals surface area contributed by atoms with Crippen LogP contribution >= 0.6 is 0 Å². The summed E-state index contributed by atoms with van der Waals surface area (Å²) in [5, 5.41) is 0. The van der Waals surface area contributed by atoms with Crippen LogP contribution in [-0.2, 0) is 0 Å². The minimum Gasteiger partial charge on any atom is -0.396 e. The number of anilines is 1. The van der Waals surface area contributed by atoms with Crippen molar-refractivity contribution in [3.63, 3.8) is 0 Å². The Morgan fingerprint density at radius 3 is 2.95 bits per heavy atom. The summed E-state index contributed by atoms with van der Waals surface area (Å²) in [5.41, 5.74) is 5.91. The molecule has 1 aliphatic heterocycles. The van der Waals surface area contributed by atoms with Crippen LogP contribution in [0.4, 0.5) is 10.1 Å². The fourth-order valence-electron chi connectivity index (χ4n) is 2.67. The first-order valence-electron chi connectivity index (χ1n) is 6.96. The zero-order valence-electron chi connectivity index (χ0n) is 11.4. The van der Waals surface area contributed by atoms with Crippen LogP contribution < -0.4 is 5.73 Å². The molecule has 0 saturated carbocycles. The molecule has 1 atom stereocenters. The van der Waals surface area contributed by atoms with Gasteiger partial charge in [-0.25, -0.2) is 4.39 Å². The maximum absolute atomic E-state index is 13.4. The molecule has 1 saturated heterocycles. The monoisotopic (exact) mass is 264 g/mol. The summed E-state index contributed by atoms with van der Waals surface area (Å²) in [4.78, 5) is 14.2. The maximum Gasteiger partial charge on any atom is 0.256 e. The molecule has 1 aromatic carbocycles. The Morgan fingerprint density at radius 1 is 1.42 bits per heavy atom. The Hall–Kier alpha value is -1.58. The molecular formula is C15H21FN2O. The summed E-state index contributed by atoms with van der Waals surface area (Å²) in [6, 6.07) is 4.41. The van der Waals surface area contributed by atoms with E-state index in [0.29, 0.717) is 5.92 Å². The fraction of sp³-hybridized carbons (Fsp3) is 0.533. The lowest BCUT2D eigenvalue weighted by molar-refractivity contribution is 0.0760. The van der Waals surface area contributed by atoms with E-state index in [1.54, 1.807) is 11.0 Å². The first-order valence-corrected chi connectivity index (χ1v) is 6.96. The molecule has 0 spiro atoms. The van der Waals surface area contributed by atoms with Gasteiger partial charge in [0.1, 0.15) is 5.82 Å². The third kappa shape index (κ3) is 3.06. The lowest BCUT2D eigenvalue weighted by Gasteiger charge is -2.21.